The summed E-state index contributed by atoms with van der Waals surface area (Å²) in [5, 5.41) is 2.18. The first-order valence-electron chi connectivity index (χ1n) is 8.55. The zero-order valence-electron chi connectivity index (χ0n) is 14.5. The molecule has 1 aliphatic heterocycles. The third-order valence-electron chi connectivity index (χ3n) is 5.29. The summed E-state index contributed by atoms with van der Waals surface area (Å²) in [4.78, 5) is 9.07. The largest absolute Gasteiger partial charge is 0.435 e. The van der Waals surface area contributed by atoms with Crippen LogP contribution in [0.25, 0.3) is 22.1 Å². The van der Waals surface area contributed by atoms with E-state index in [-0.39, 0.29) is 6.17 Å². The molecule has 1 aliphatic rings. The smallest absolute Gasteiger partial charge is 0.227 e. The van der Waals surface area contributed by atoms with Crippen LogP contribution in [0.15, 0.2) is 59.1 Å². The maximum Gasteiger partial charge on any atom is 0.227 e. The zero-order valence-corrected chi connectivity index (χ0v) is 14.5. The fraction of sp³-hybridized carbons (Fsp3) is 0.190. The molecule has 5 rings (SSSR count). The van der Waals surface area contributed by atoms with Gasteiger partial charge in [-0.25, -0.2) is 4.98 Å². The summed E-state index contributed by atoms with van der Waals surface area (Å²) in [5.74, 6) is 0. The minimum Gasteiger partial charge on any atom is -0.435 e. The van der Waals surface area contributed by atoms with Gasteiger partial charge in [0.1, 0.15) is 6.17 Å². The van der Waals surface area contributed by atoms with Crippen LogP contribution in [0, 0.1) is 6.92 Å². The normalized spacial score (nSPS) is 16.8. The summed E-state index contributed by atoms with van der Waals surface area (Å²) < 4.78 is 6.20. The molecular formula is C21H19N3O. The molecule has 4 aromatic rings. The Morgan fingerprint density at radius 2 is 1.76 bits per heavy atom. The highest BCUT2D eigenvalue weighted by Crippen LogP contribution is 2.47. The fourth-order valence-electron chi connectivity index (χ4n) is 3.91. The molecule has 124 valence electrons. The minimum atomic E-state index is 0.211. The Hall–Kier alpha value is -3.01. The van der Waals surface area contributed by atoms with Crippen molar-refractivity contribution in [3.63, 3.8) is 0 Å². The van der Waals surface area contributed by atoms with E-state index in [2.05, 4.69) is 78.1 Å². The van der Waals surface area contributed by atoms with E-state index in [0.29, 0.717) is 5.71 Å². The second-order valence-electron chi connectivity index (χ2n) is 6.67. The quantitative estimate of drug-likeness (QED) is 0.479. The lowest BCUT2D eigenvalue weighted by molar-refractivity contribution is 0.648. The van der Waals surface area contributed by atoms with Crippen LogP contribution >= 0.6 is 0 Å². The summed E-state index contributed by atoms with van der Waals surface area (Å²) >= 11 is 0. The highest BCUT2D eigenvalue weighted by Gasteiger charge is 2.33. The summed E-state index contributed by atoms with van der Waals surface area (Å²) in [6.07, 6.45) is 1.99. The first kappa shape index (κ1) is 14.3. The molecule has 4 nitrogen and oxygen atoms in total. The van der Waals surface area contributed by atoms with E-state index >= 15 is 0 Å². The Labute approximate surface area is 146 Å². The molecule has 0 amide bonds. The summed E-state index contributed by atoms with van der Waals surface area (Å²) in [6.45, 7) is 4.36. The second-order valence-corrected chi connectivity index (χ2v) is 6.67. The number of benzene rings is 2. The van der Waals surface area contributed by atoms with Gasteiger partial charge in [-0.3, -0.25) is 0 Å². The molecular weight excluding hydrogens is 310 g/mol. The third kappa shape index (κ3) is 1.85. The fourth-order valence-corrected chi connectivity index (χ4v) is 3.91. The van der Waals surface area contributed by atoms with Crippen molar-refractivity contribution >= 4 is 39.1 Å². The van der Waals surface area contributed by atoms with E-state index in [4.69, 9.17) is 4.42 Å². The number of anilines is 3. The van der Waals surface area contributed by atoms with Crippen molar-refractivity contribution in [1.29, 1.82) is 0 Å². The summed E-state index contributed by atoms with van der Waals surface area (Å²) in [6, 6.07) is 16.9. The SMILES string of the molecule is Cc1ccc2c(oc3ncccc32)c1N1c2ccccc2N(C)C1C. The molecule has 25 heavy (non-hydrogen) atoms. The lowest BCUT2D eigenvalue weighted by Gasteiger charge is -2.29. The van der Waals surface area contributed by atoms with E-state index in [9.17, 15) is 0 Å². The highest BCUT2D eigenvalue weighted by atomic mass is 16.3. The average molecular weight is 329 g/mol. The number of hydrogen-bond donors (Lipinski definition) is 0. The van der Waals surface area contributed by atoms with Crippen LogP contribution in [0.1, 0.15) is 12.5 Å². The third-order valence-corrected chi connectivity index (χ3v) is 5.29. The van der Waals surface area contributed by atoms with Gasteiger partial charge in [-0.2, -0.15) is 0 Å². The Balaban J connectivity index is 1.85. The van der Waals surface area contributed by atoms with Gasteiger partial charge in [0.2, 0.25) is 5.71 Å². The second kappa shape index (κ2) is 4.99. The van der Waals surface area contributed by atoms with Gasteiger partial charge in [0.05, 0.1) is 17.1 Å². The first-order chi connectivity index (χ1) is 12.2. The van der Waals surface area contributed by atoms with E-state index in [1.807, 2.05) is 6.07 Å². The van der Waals surface area contributed by atoms with Gasteiger partial charge in [0.15, 0.2) is 5.58 Å². The van der Waals surface area contributed by atoms with Crippen molar-refractivity contribution < 1.29 is 4.42 Å². The number of aryl methyl sites for hydroxylation is 1. The summed E-state index contributed by atoms with van der Waals surface area (Å²) in [5.41, 5.74) is 6.37. The van der Waals surface area contributed by atoms with Gasteiger partial charge >= 0.3 is 0 Å². The number of hydrogen-bond acceptors (Lipinski definition) is 4. The van der Waals surface area contributed by atoms with Crippen molar-refractivity contribution in [2.24, 2.45) is 0 Å². The molecule has 0 saturated heterocycles. The Morgan fingerprint density at radius 1 is 0.960 bits per heavy atom. The molecule has 3 heterocycles. The van der Waals surface area contributed by atoms with Crippen molar-refractivity contribution in [3.8, 4) is 0 Å². The molecule has 0 saturated carbocycles. The molecule has 0 spiro atoms. The Kier molecular flexibility index (Phi) is 2.86. The Morgan fingerprint density at radius 3 is 2.60 bits per heavy atom. The van der Waals surface area contributed by atoms with E-state index in [0.717, 1.165) is 22.0 Å². The molecule has 0 fully saturated rings. The maximum absolute atomic E-state index is 6.20. The molecule has 0 radical (unpaired) electrons. The topological polar surface area (TPSA) is 32.5 Å². The lowest BCUT2D eigenvalue weighted by atomic mass is 10.1. The van der Waals surface area contributed by atoms with Crippen LogP contribution in [-0.4, -0.2) is 18.2 Å². The molecule has 0 N–H and O–H groups in total. The van der Waals surface area contributed by atoms with Crippen molar-refractivity contribution in [3.05, 3.63) is 60.3 Å². The van der Waals surface area contributed by atoms with Crippen molar-refractivity contribution in [2.75, 3.05) is 16.8 Å². The number of aromatic nitrogens is 1. The van der Waals surface area contributed by atoms with Gasteiger partial charge < -0.3 is 14.2 Å². The van der Waals surface area contributed by atoms with E-state index in [1.54, 1.807) is 6.20 Å². The van der Waals surface area contributed by atoms with Crippen LogP contribution < -0.4 is 9.80 Å². The monoisotopic (exact) mass is 329 g/mol. The van der Waals surface area contributed by atoms with Crippen molar-refractivity contribution in [2.45, 2.75) is 20.0 Å². The van der Waals surface area contributed by atoms with Crippen LogP contribution in [0.5, 0.6) is 0 Å². The number of furan rings is 1. The first-order valence-corrected chi connectivity index (χ1v) is 8.55. The number of nitrogens with zero attached hydrogens (tertiary/aromatic N) is 3. The van der Waals surface area contributed by atoms with Gasteiger partial charge in [-0.15, -0.1) is 0 Å². The van der Waals surface area contributed by atoms with Crippen LogP contribution in [-0.2, 0) is 0 Å². The summed E-state index contributed by atoms with van der Waals surface area (Å²) in [7, 11) is 2.14. The van der Waals surface area contributed by atoms with Crippen molar-refractivity contribution in [1.82, 2.24) is 4.98 Å². The molecule has 0 aliphatic carbocycles. The van der Waals surface area contributed by atoms with Gasteiger partial charge in [-0.05, 0) is 43.7 Å². The maximum atomic E-state index is 6.20. The number of para-hydroxylation sites is 2. The highest BCUT2D eigenvalue weighted by molar-refractivity contribution is 6.09. The molecule has 4 heteroatoms. The molecule has 1 atom stereocenters. The van der Waals surface area contributed by atoms with Crippen LogP contribution in [0.4, 0.5) is 17.1 Å². The Bertz CT molecular complexity index is 1110. The van der Waals surface area contributed by atoms with E-state index in [1.165, 1.54) is 16.9 Å². The number of pyridine rings is 1. The predicted molar refractivity (Wildman–Crippen MR) is 103 cm³/mol. The zero-order chi connectivity index (χ0) is 17.1. The lowest BCUT2D eigenvalue weighted by Crippen LogP contribution is -2.36. The predicted octanol–water partition coefficient (Wildman–Crippen LogP) is 5.22. The molecule has 0 bridgehead atoms. The van der Waals surface area contributed by atoms with Gasteiger partial charge in [-0.1, -0.05) is 24.3 Å². The number of fused-ring (bicyclic) bond motifs is 4. The average Bonchev–Trinajstić information content (AvgIpc) is 3.12. The van der Waals surface area contributed by atoms with Crippen LogP contribution in [0.2, 0.25) is 0 Å². The van der Waals surface area contributed by atoms with Gasteiger partial charge in [0, 0.05) is 24.0 Å². The van der Waals surface area contributed by atoms with Gasteiger partial charge in [0.25, 0.3) is 0 Å². The molecule has 2 aromatic heterocycles. The molecule has 2 aromatic carbocycles. The minimum absolute atomic E-state index is 0.211. The standard InChI is InChI=1S/C21H19N3O/c1-13-10-11-15-16-7-6-12-22-21(16)25-20(15)19(13)24-14(2)23(3)17-8-4-5-9-18(17)24/h4-12,14H,1-3H3. The molecule has 1 unspecified atom stereocenters. The number of rotatable bonds is 1. The van der Waals surface area contributed by atoms with Crippen LogP contribution in [0.3, 0.4) is 0 Å². The van der Waals surface area contributed by atoms with E-state index < -0.39 is 0 Å².